The van der Waals surface area contributed by atoms with Crippen LogP contribution in [0.2, 0.25) is 0 Å². The van der Waals surface area contributed by atoms with E-state index in [0.29, 0.717) is 35.8 Å². The molecule has 0 saturated heterocycles. The van der Waals surface area contributed by atoms with E-state index in [1.54, 1.807) is 30.9 Å². The highest BCUT2D eigenvalue weighted by molar-refractivity contribution is 6.01. The van der Waals surface area contributed by atoms with Crippen molar-refractivity contribution in [3.8, 4) is 17.6 Å². The molecular weight excluding hydrogens is 420 g/mol. The smallest absolute Gasteiger partial charge is 0.328 e. The average molecular weight is 444 g/mol. The highest BCUT2D eigenvalue weighted by Gasteiger charge is 2.25. The minimum Gasteiger partial charge on any atom is -0.490 e. The highest BCUT2D eigenvalue weighted by atomic mass is 16.5. The molecule has 1 aliphatic rings. The minimum absolute atomic E-state index is 0.0897. The number of aromatic nitrogens is 4. The maximum Gasteiger partial charge on any atom is 0.328 e. The van der Waals surface area contributed by atoms with Crippen LogP contribution in [-0.4, -0.2) is 44.5 Å². The molecule has 1 aliphatic heterocycles. The Balaban J connectivity index is 1.59. The molecule has 0 aliphatic carbocycles. The molecule has 4 heterocycles. The quantitative estimate of drug-likeness (QED) is 0.490. The zero-order chi connectivity index (χ0) is 23.4. The number of anilines is 2. The van der Waals surface area contributed by atoms with Crippen molar-refractivity contribution in [3.05, 3.63) is 59.4 Å². The molecule has 4 rings (SSSR count). The number of carbonyl (C=O) groups excluding carboxylic acids is 2. The van der Waals surface area contributed by atoms with E-state index < -0.39 is 0 Å². The van der Waals surface area contributed by atoms with Crippen molar-refractivity contribution in [2.75, 3.05) is 16.8 Å². The van der Waals surface area contributed by atoms with Gasteiger partial charge in [0.25, 0.3) is 0 Å². The molecule has 0 radical (unpaired) electrons. The van der Waals surface area contributed by atoms with Crippen LogP contribution < -0.4 is 15.0 Å². The molecule has 0 unspecified atom stereocenters. The number of pyridine rings is 2. The van der Waals surface area contributed by atoms with Crippen molar-refractivity contribution in [1.82, 2.24) is 19.5 Å². The van der Waals surface area contributed by atoms with Crippen LogP contribution in [0, 0.1) is 11.8 Å². The lowest BCUT2D eigenvalue weighted by atomic mass is 10.1. The van der Waals surface area contributed by atoms with Crippen LogP contribution >= 0.6 is 0 Å². The Morgan fingerprint density at radius 2 is 2.12 bits per heavy atom. The number of amides is 2. The minimum atomic E-state index is -0.372. The summed E-state index contributed by atoms with van der Waals surface area (Å²) >= 11 is 0. The second kappa shape index (κ2) is 9.53. The van der Waals surface area contributed by atoms with Gasteiger partial charge in [0.15, 0.2) is 6.29 Å². The first-order chi connectivity index (χ1) is 15.9. The lowest BCUT2D eigenvalue weighted by molar-refractivity contribution is 0.111. The van der Waals surface area contributed by atoms with Crippen molar-refractivity contribution in [3.63, 3.8) is 0 Å². The Morgan fingerprint density at radius 1 is 1.27 bits per heavy atom. The highest BCUT2D eigenvalue weighted by Crippen LogP contribution is 2.27. The SMILES string of the molecule is CC(C)Oc1cc(NC(=O)N2CCCc3ccc(C=O)nc32)ncc1C#Cc1cncn1C. The normalized spacial score (nSPS) is 12.5. The van der Waals surface area contributed by atoms with Gasteiger partial charge in [0.05, 0.1) is 24.2 Å². The van der Waals surface area contributed by atoms with Gasteiger partial charge in [-0.15, -0.1) is 0 Å². The van der Waals surface area contributed by atoms with E-state index in [1.165, 1.54) is 4.90 Å². The van der Waals surface area contributed by atoms with Gasteiger partial charge in [0, 0.05) is 25.9 Å². The molecule has 3 aromatic heterocycles. The predicted octanol–water partition coefficient (Wildman–Crippen LogP) is 3.19. The van der Waals surface area contributed by atoms with Crippen LogP contribution in [0.1, 0.15) is 47.6 Å². The fourth-order valence-electron chi connectivity index (χ4n) is 3.45. The monoisotopic (exact) mass is 444 g/mol. The Labute approximate surface area is 191 Å². The first kappa shape index (κ1) is 22.0. The zero-order valence-corrected chi connectivity index (χ0v) is 18.7. The van der Waals surface area contributed by atoms with Gasteiger partial charge < -0.3 is 9.30 Å². The van der Waals surface area contributed by atoms with Crippen molar-refractivity contribution >= 4 is 24.0 Å². The van der Waals surface area contributed by atoms with E-state index in [1.807, 2.05) is 31.5 Å². The van der Waals surface area contributed by atoms with Gasteiger partial charge in [0.1, 0.15) is 28.8 Å². The number of urea groups is 1. The van der Waals surface area contributed by atoms with E-state index in [2.05, 4.69) is 32.1 Å². The predicted molar refractivity (Wildman–Crippen MR) is 123 cm³/mol. The lowest BCUT2D eigenvalue weighted by Crippen LogP contribution is -2.39. The molecule has 0 fully saturated rings. The summed E-state index contributed by atoms with van der Waals surface area (Å²) in [5, 5.41) is 2.81. The van der Waals surface area contributed by atoms with Crippen molar-refractivity contribution in [1.29, 1.82) is 0 Å². The van der Waals surface area contributed by atoms with Crippen LogP contribution in [0.4, 0.5) is 16.4 Å². The number of hydrogen-bond donors (Lipinski definition) is 1. The van der Waals surface area contributed by atoms with E-state index >= 15 is 0 Å². The van der Waals surface area contributed by atoms with Crippen LogP contribution in [0.25, 0.3) is 0 Å². The molecular formula is C24H24N6O3. The second-order valence-electron chi connectivity index (χ2n) is 7.89. The van der Waals surface area contributed by atoms with Gasteiger partial charge in [-0.25, -0.2) is 19.7 Å². The number of nitrogens with zero attached hydrogens (tertiary/aromatic N) is 5. The first-order valence-corrected chi connectivity index (χ1v) is 10.6. The molecule has 0 aromatic carbocycles. The third-order valence-corrected chi connectivity index (χ3v) is 5.03. The molecule has 0 atom stereocenters. The average Bonchev–Trinajstić information content (AvgIpc) is 3.22. The Morgan fingerprint density at radius 3 is 2.85 bits per heavy atom. The summed E-state index contributed by atoms with van der Waals surface area (Å²) in [6.45, 7) is 4.33. The third-order valence-electron chi connectivity index (χ3n) is 5.03. The molecule has 9 heteroatoms. The van der Waals surface area contributed by atoms with Crippen LogP contribution in [0.3, 0.4) is 0 Å². The van der Waals surface area contributed by atoms with Crippen LogP contribution in [-0.2, 0) is 13.5 Å². The molecule has 0 bridgehead atoms. The lowest BCUT2D eigenvalue weighted by Gasteiger charge is -2.28. The zero-order valence-electron chi connectivity index (χ0n) is 18.7. The third kappa shape index (κ3) is 5.01. The van der Waals surface area contributed by atoms with Gasteiger partial charge in [-0.2, -0.15) is 0 Å². The number of imidazole rings is 1. The number of rotatable bonds is 4. The summed E-state index contributed by atoms with van der Waals surface area (Å²) in [6.07, 6.45) is 7.13. The molecule has 0 spiro atoms. The van der Waals surface area contributed by atoms with Crippen LogP contribution in [0.5, 0.6) is 5.75 Å². The summed E-state index contributed by atoms with van der Waals surface area (Å²) in [6, 6.07) is 4.79. The van der Waals surface area contributed by atoms with Gasteiger partial charge in [-0.05, 0) is 44.2 Å². The number of carbonyl (C=O) groups is 2. The Bertz CT molecular complexity index is 1250. The van der Waals surface area contributed by atoms with Crippen LogP contribution in [0.15, 0.2) is 36.9 Å². The number of aldehydes is 1. The Kier molecular flexibility index (Phi) is 6.36. The Hall–Kier alpha value is -4.19. The second-order valence-corrected chi connectivity index (χ2v) is 7.89. The fourth-order valence-corrected chi connectivity index (χ4v) is 3.45. The summed E-state index contributed by atoms with van der Waals surface area (Å²) in [5.41, 5.74) is 2.58. The molecule has 3 aromatic rings. The van der Waals surface area contributed by atoms with Gasteiger partial charge in [-0.3, -0.25) is 15.0 Å². The maximum absolute atomic E-state index is 13.0. The van der Waals surface area contributed by atoms with Crippen molar-refractivity contribution in [2.24, 2.45) is 7.05 Å². The number of hydrogen-bond acceptors (Lipinski definition) is 6. The standard InChI is InChI=1S/C24H24N6O3/c1-16(2)33-21-11-22(26-12-18(21)7-9-20-13-25-15-29(20)3)28-24(32)30-10-4-5-17-6-8-19(14-31)27-23(17)30/h6,8,11-16H,4-5,10H2,1-3H3,(H,26,28,32). The number of aryl methyl sites for hydroxylation is 2. The largest absolute Gasteiger partial charge is 0.490 e. The van der Waals surface area contributed by atoms with E-state index in [4.69, 9.17) is 4.74 Å². The molecule has 0 saturated carbocycles. The van der Waals surface area contributed by atoms with Crippen molar-refractivity contribution < 1.29 is 14.3 Å². The number of ether oxygens (including phenoxy) is 1. The van der Waals surface area contributed by atoms with Gasteiger partial charge in [-0.1, -0.05) is 12.0 Å². The van der Waals surface area contributed by atoms with Gasteiger partial charge in [0.2, 0.25) is 0 Å². The summed E-state index contributed by atoms with van der Waals surface area (Å²) < 4.78 is 7.74. The van der Waals surface area contributed by atoms with E-state index in [0.717, 1.165) is 24.1 Å². The van der Waals surface area contributed by atoms with Crippen molar-refractivity contribution in [2.45, 2.75) is 32.8 Å². The van der Waals surface area contributed by atoms with E-state index in [-0.39, 0.29) is 17.8 Å². The number of fused-ring (bicyclic) bond motifs is 1. The van der Waals surface area contributed by atoms with E-state index in [9.17, 15) is 9.59 Å². The summed E-state index contributed by atoms with van der Waals surface area (Å²) in [7, 11) is 1.87. The maximum atomic E-state index is 13.0. The first-order valence-electron chi connectivity index (χ1n) is 10.6. The topological polar surface area (TPSA) is 102 Å². The molecule has 2 amide bonds. The summed E-state index contributed by atoms with van der Waals surface area (Å²) in [4.78, 5) is 38.5. The fraction of sp³-hybridized carbons (Fsp3) is 0.292. The molecule has 33 heavy (non-hydrogen) atoms. The van der Waals surface area contributed by atoms with Gasteiger partial charge >= 0.3 is 6.03 Å². The molecule has 9 nitrogen and oxygen atoms in total. The summed E-state index contributed by atoms with van der Waals surface area (Å²) in [5.74, 6) is 7.47. The number of nitrogens with one attached hydrogen (secondary N) is 1. The molecule has 1 N–H and O–H groups in total. The molecule has 168 valence electrons.